The Morgan fingerprint density at radius 3 is 1.46 bits per heavy atom. The van der Waals surface area contributed by atoms with Crippen LogP contribution in [-0.4, -0.2) is 0 Å². The highest BCUT2D eigenvalue weighted by Crippen LogP contribution is 2.53. The molecule has 2 heteroatoms. The molecule has 39 heavy (non-hydrogen) atoms. The van der Waals surface area contributed by atoms with E-state index in [2.05, 4.69) is 128 Å². The van der Waals surface area contributed by atoms with Gasteiger partial charge in [-0.15, -0.1) is 0 Å². The highest BCUT2D eigenvalue weighted by Gasteiger charge is 2.37. The van der Waals surface area contributed by atoms with Crippen molar-refractivity contribution in [1.29, 1.82) is 0 Å². The number of rotatable bonds is 3. The van der Waals surface area contributed by atoms with Gasteiger partial charge in [0.25, 0.3) is 0 Å². The Morgan fingerprint density at radius 2 is 0.949 bits per heavy atom. The molecule has 2 aliphatic rings. The van der Waals surface area contributed by atoms with Gasteiger partial charge in [0.1, 0.15) is 0 Å². The van der Waals surface area contributed by atoms with E-state index in [0.717, 1.165) is 17.1 Å². The van der Waals surface area contributed by atoms with Gasteiger partial charge < -0.3 is 4.90 Å². The minimum absolute atomic E-state index is 0.0897. The maximum absolute atomic E-state index is 7.65. The molecular weight excluding hydrogens is 472 g/mol. The van der Waals surface area contributed by atoms with Crippen molar-refractivity contribution in [2.75, 3.05) is 4.90 Å². The van der Waals surface area contributed by atoms with Gasteiger partial charge in [0, 0.05) is 27.9 Å². The minimum Gasteiger partial charge on any atom is -0.312 e. The van der Waals surface area contributed by atoms with Gasteiger partial charge in [-0.1, -0.05) is 100 Å². The van der Waals surface area contributed by atoms with Crippen molar-refractivity contribution >= 4 is 22.7 Å². The summed E-state index contributed by atoms with van der Waals surface area (Å²) in [5.41, 5.74) is 14.3. The second-order valence-electron chi connectivity index (χ2n) is 11.8. The summed E-state index contributed by atoms with van der Waals surface area (Å²) in [7, 11) is 0. The first-order valence-electron chi connectivity index (χ1n) is 13.6. The highest BCUT2D eigenvalue weighted by atomic mass is 15.1. The van der Waals surface area contributed by atoms with Gasteiger partial charge in [-0.05, 0) is 80.9 Å². The lowest BCUT2D eigenvalue weighted by Crippen LogP contribution is -2.18. The zero-order chi connectivity index (χ0) is 26.9. The third kappa shape index (κ3) is 3.33. The van der Waals surface area contributed by atoms with E-state index in [9.17, 15) is 0 Å². The molecule has 0 unspecified atom stereocenters. The van der Waals surface area contributed by atoms with Crippen molar-refractivity contribution in [2.45, 2.75) is 38.5 Å². The van der Waals surface area contributed by atoms with Crippen LogP contribution < -0.4 is 4.90 Å². The average Bonchev–Trinajstić information content (AvgIpc) is 3.33. The second kappa shape index (κ2) is 8.19. The molecular formula is C37H30N2. The molecule has 0 bridgehead atoms. The van der Waals surface area contributed by atoms with E-state index in [0.29, 0.717) is 5.69 Å². The molecule has 0 radical (unpaired) electrons. The lowest BCUT2D eigenvalue weighted by Gasteiger charge is -2.30. The molecule has 0 aromatic heterocycles. The van der Waals surface area contributed by atoms with Crippen molar-refractivity contribution in [2.24, 2.45) is 0 Å². The van der Waals surface area contributed by atoms with Crippen LogP contribution in [0, 0.1) is 6.57 Å². The van der Waals surface area contributed by atoms with Crippen LogP contribution in [0.1, 0.15) is 49.9 Å². The largest absolute Gasteiger partial charge is 0.312 e. The van der Waals surface area contributed by atoms with Crippen LogP contribution in [0.4, 0.5) is 22.7 Å². The number of anilines is 3. The van der Waals surface area contributed by atoms with Gasteiger partial charge in [0.15, 0.2) is 5.69 Å². The zero-order valence-corrected chi connectivity index (χ0v) is 22.8. The van der Waals surface area contributed by atoms with Crippen LogP contribution in [0.25, 0.3) is 27.1 Å². The molecule has 5 aromatic carbocycles. The molecule has 5 aromatic rings. The van der Waals surface area contributed by atoms with Gasteiger partial charge in [-0.25, -0.2) is 4.85 Å². The molecule has 0 heterocycles. The Morgan fingerprint density at radius 1 is 0.487 bits per heavy atom. The van der Waals surface area contributed by atoms with Crippen LogP contribution in [-0.2, 0) is 10.8 Å². The summed E-state index contributed by atoms with van der Waals surface area (Å²) in [5, 5.41) is 0. The summed E-state index contributed by atoms with van der Waals surface area (Å²) in [5.74, 6) is 0. The van der Waals surface area contributed by atoms with Crippen molar-refractivity contribution in [1.82, 2.24) is 0 Å². The quantitative estimate of drug-likeness (QED) is 0.223. The number of hydrogen-bond donors (Lipinski definition) is 0. The Kier molecular flexibility index (Phi) is 4.94. The monoisotopic (exact) mass is 502 g/mol. The van der Waals surface area contributed by atoms with Crippen molar-refractivity contribution in [3.8, 4) is 22.3 Å². The van der Waals surface area contributed by atoms with Crippen LogP contribution >= 0.6 is 0 Å². The first-order chi connectivity index (χ1) is 18.8. The molecule has 0 fully saturated rings. The van der Waals surface area contributed by atoms with E-state index in [4.69, 9.17) is 6.57 Å². The first kappa shape index (κ1) is 23.5. The summed E-state index contributed by atoms with van der Waals surface area (Å²) >= 11 is 0. The molecule has 2 nitrogen and oxygen atoms in total. The smallest absolute Gasteiger partial charge is 0.189 e. The third-order valence-corrected chi connectivity index (χ3v) is 8.87. The fourth-order valence-electron chi connectivity index (χ4n) is 6.81. The normalized spacial score (nSPS) is 15.1. The van der Waals surface area contributed by atoms with Crippen LogP contribution in [0.5, 0.6) is 0 Å². The number of fused-ring (bicyclic) bond motifs is 6. The molecule has 0 saturated heterocycles. The van der Waals surface area contributed by atoms with E-state index in [-0.39, 0.29) is 10.8 Å². The fraction of sp³-hybridized carbons (Fsp3) is 0.162. The van der Waals surface area contributed by atoms with Crippen LogP contribution in [0.2, 0.25) is 0 Å². The molecule has 0 N–H and O–H groups in total. The number of nitrogens with zero attached hydrogens (tertiary/aromatic N) is 2. The predicted molar refractivity (Wildman–Crippen MR) is 163 cm³/mol. The SMILES string of the molecule is [C-]#[N+]c1cccc(N(c2ccc3c(c2)C(C)(C)c2ccccc2-3)c2ccc3c(c2)C(C)(C)c2ccccc2-3)c1. The van der Waals surface area contributed by atoms with Crippen LogP contribution in [0.15, 0.2) is 109 Å². The lowest BCUT2D eigenvalue weighted by atomic mass is 9.82. The molecule has 0 amide bonds. The molecule has 2 aliphatic carbocycles. The number of benzene rings is 5. The molecule has 188 valence electrons. The van der Waals surface area contributed by atoms with Crippen LogP contribution in [0.3, 0.4) is 0 Å². The lowest BCUT2D eigenvalue weighted by molar-refractivity contribution is 0.660. The van der Waals surface area contributed by atoms with Crippen molar-refractivity contribution in [3.05, 3.63) is 143 Å². The minimum atomic E-state index is -0.0897. The van der Waals surface area contributed by atoms with Gasteiger partial charge in [0.2, 0.25) is 0 Å². The van der Waals surface area contributed by atoms with E-state index in [1.54, 1.807) is 0 Å². The molecule has 0 spiro atoms. The van der Waals surface area contributed by atoms with E-state index in [1.165, 1.54) is 44.5 Å². The van der Waals surface area contributed by atoms with E-state index in [1.807, 2.05) is 18.2 Å². The van der Waals surface area contributed by atoms with E-state index >= 15 is 0 Å². The average molecular weight is 503 g/mol. The summed E-state index contributed by atoms with van der Waals surface area (Å²) in [6.45, 7) is 16.9. The summed E-state index contributed by atoms with van der Waals surface area (Å²) in [6.07, 6.45) is 0. The van der Waals surface area contributed by atoms with Gasteiger partial charge in [-0.2, -0.15) is 0 Å². The Balaban J connectivity index is 1.43. The topological polar surface area (TPSA) is 7.60 Å². The standard InChI is InChI=1S/C37H30N2/c1-36(2)32-15-8-6-13-28(32)30-19-17-26(22-34(30)36)39(25-12-10-11-24(21-25)38-5)27-18-20-31-29-14-7-9-16-33(29)37(3,4)35(31)23-27/h6-23H,1-4H3. The first-order valence-corrected chi connectivity index (χ1v) is 13.6. The van der Waals surface area contributed by atoms with Gasteiger partial charge in [0.05, 0.1) is 6.57 Å². The van der Waals surface area contributed by atoms with Gasteiger partial charge in [-0.3, -0.25) is 0 Å². The molecule has 0 atom stereocenters. The molecule has 0 aliphatic heterocycles. The zero-order valence-electron chi connectivity index (χ0n) is 22.8. The van der Waals surface area contributed by atoms with E-state index < -0.39 is 0 Å². The summed E-state index contributed by atoms with van der Waals surface area (Å²) in [4.78, 5) is 6.05. The van der Waals surface area contributed by atoms with Gasteiger partial charge >= 0.3 is 0 Å². The summed E-state index contributed by atoms with van der Waals surface area (Å²) in [6, 6.07) is 39.2. The predicted octanol–water partition coefficient (Wildman–Crippen LogP) is 10.3. The summed E-state index contributed by atoms with van der Waals surface area (Å²) < 4.78 is 0. The highest BCUT2D eigenvalue weighted by molar-refractivity contribution is 5.88. The molecule has 0 saturated carbocycles. The fourth-order valence-corrected chi connectivity index (χ4v) is 6.81. The maximum Gasteiger partial charge on any atom is 0.189 e. The number of hydrogen-bond acceptors (Lipinski definition) is 1. The Bertz CT molecular complexity index is 1730. The Hall–Kier alpha value is -4.61. The molecule has 7 rings (SSSR count). The Labute approximate surface area is 231 Å². The maximum atomic E-state index is 7.65. The van der Waals surface area contributed by atoms with Crippen molar-refractivity contribution < 1.29 is 0 Å². The third-order valence-electron chi connectivity index (χ3n) is 8.87. The second-order valence-corrected chi connectivity index (χ2v) is 11.8. The van der Waals surface area contributed by atoms with Crippen molar-refractivity contribution in [3.63, 3.8) is 0 Å².